The molecule has 0 radical (unpaired) electrons. The Bertz CT molecular complexity index is 955. The highest BCUT2D eigenvalue weighted by molar-refractivity contribution is 6.31. The van der Waals surface area contributed by atoms with Gasteiger partial charge in [0, 0.05) is 16.3 Å². The summed E-state index contributed by atoms with van der Waals surface area (Å²) in [6, 6.07) is 9.03. The van der Waals surface area contributed by atoms with Crippen LogP contribution in [-0.2, 0) is 11.3 Å². The quantitative estimate of drug-likeness (QED) is 0.480. The highest BCUT2D eigenvalue weighted by Crippen LogP contribution is 2.38. The van der Waals surface area contributed by atoms with Crippen molar-refractivity contribution in [2.45, 2.75) is 44.8 Å². The van der Waals surface area contributed by atoms with E-state index in [1.165, 1.54) is 25.3 Å². The second kappa shape index (κ2) is 9.34. The molecule has 8 heteroatoms. The first-order valence-electron chi connectivity index (χ1n) is 9.78. The number of nitrogens with zero attached hydrogens (tertiary/aromatic N) is 1. The second-order valence-electron chi connectivity index (χ2n) is 7.25. The Labute approximate surface area is 180 Å². The van der Waals surface area contributed by atoms with Gasteiger partial charge in [-0.1, -0.05) is 18.5 Å². The minimum absolute atomic E-state index is 0.00539. The van der Waals surface area contributed by atoms with Gasteiger partial charge in [-0.25, -0.2) is 9.38 Å². The van der Waals surface area contributed by atoms with E-state index >= 15 is 0 Å². The van der Waals surface area contributed by atoms with Crippen molar-refractivity contribution < 1.29 is 18.7 Å². The van der Waals surface area contributed by atoms with Crippen LogP contribution in [0.4, 0.5) is 10.1 Å². The molecule has 2 aromatic carbocycles. The Kier molecular flexibility index (Phi) is 6.82. The van der Waals surface area contributed by atoms with Gasteiger partial charge in [0.15, 0.2) is 0 Å². The number of benzene rings is 2. The van der Waals surface area contributed by atoms with E-state index in [2.05, 4.69) is 10.3 Å². The molecule has 0 aliphatic heterocycles. The summed E-state index contributed by atoms with van der Waals surface area (Å²) in [5.74, 6) is -0.498. The van der Waals surface area contributed by atoms with Crippen molar-refractivity contribution in [3.05, 3.63) is 58.4 Å². The van der Waals surface area contributed by atoms with Crippen LogP contribution in [0.25, 0.3) is 0 Å². The second-order valence-corrected chi connectivity index (χ2v) is 7.69. The summed E-state index contributed by atoms with van der Waals surface area (Å²) in [6.45, 7) is 2.05. The third-order valence-electron chi connectivity index (χ3n) is 5.35. The average Bonchev–Trinajstić information content (AvgIpc) is 2.70. The lowest BCUT2D eigenvalue weighted by molar-refractivity contribution is -0.0239. The topological polar surface area (TPSA) is 85.9 Å². The molecular weight excluding hydrogens is 409 g/mol. The fourth-order valence-electron chi connectivity index (χ4n) is 3.34. The van der Waals surface area contributed by atoms with E-state index in [1.807, 2.05) is 6.92 Å². The Hall–Kier alpha value is -2.80. The van der Waals surface area contributed by atoms with E-state index < -0.39 is 11.7 Å². The molecule has 3 rings (SSSR count). The standard InChI is InChI=1S/C22H25ClFN3O3/c1-3-22(9-4-10-22)30-21(25)26-13-14-11-16(6-8-18(14)24)27-20(28)17-7-5-15(23)12-19(17)29-2/h5-8,11-12H,3-4,9-10,13H2,1-2H3,(H2,25,26)(H,27,28). The van der Waals surface area contributed by atoms with Gasteiger partial charge in [0.1, 0.15) is 17.2 Å². The minimum Gasteiger partial charge on any atom is -0.496 e. The van der Waals surface area contributed by atoms with Crippen LogP contribution in [0.1, 0.15) is 48.5 Å². The van der Waals surface area contributed by atoms with Gasteiger partial charge in [-0.15, -0.1) is 0 Å². The number of carbonyl (C=O) groups excluding carboxylic acids is 1. The highest BCUT2D eigenvalue weighted by Gasteiger charge is 2.38. The normalized spacial score (nSPS) is 15.3. The number of carbonyl (C=O) groups is 1. The zero-order valence-corrected chi connectivity index (χ0v) is 17.8. The van der Waals surface area contributed by atoms with Gasteiger partial charge in [0.25, 0.3) is 11.9 Å². The molecule has 1 aliphatic carbocycles. The molecule has 1 aliphatic rings. The summed E-state index contributed by atoms with van der Waals surface area (Å²) in [7, 11) is 1.45. The number of methoxy groups -OCH3 is 1. The van der Waals surface area contributed by atoms with Gasteiger partial charge in [0.05, 0.1) is 19.2 Å². The molecule has 6 nitrogen and oxygen atoms in total. The number of nitrogens with one attached hydrogen (secondary N) is 1. The first-order chi connectivity index (χ1) is 14.4. The molecule has 0 aromatic heterocycles. The molecule has 1 amide bonds. The third kappa shape index (κ3) is 5.02. The SMILES string of the molecule is CCC1(OC(N)=NCc2cc(NC(=O)c3ccc(Cl)cc3OC)ccc2F)CCC1. The van der Waals surface area contributed by atoms with E-state index in [4.69, 9.17) is 26.8 Å². The van der Waals surface area contributed by atoms with Crippen LogP contribution in [-0.4, -0.2) is 24.6 Å². The smallest absolute Gasteiger partial charge is 0.282 e. The van der Waals surface area contributed by atoms with Crippen molar-refractivity contribution in [3.8, 4) is 5.75 Å². The number of halogens is 2. The van der Waals surface area contributed by atoms with Gasteiger partial charge in [-0.3, -0.25) is 4.79 Å². The zero-order valence-electron chi connectivity index (χ0n) is 17.0. The predicted octanol–water partition coefficient (Wildman–Crippen LogP) is 4.90. The number of hydrogen-bond acceptors (Lipinski definition) is 4. The molecule has 0 heterocycles. The average molecular weight is 434 g/mol. The van der Waals surface area contributed by atoms with Gasteiger partial charge in [-0.05, 0) is 62.1 Å². The fourth-order valence-corrected chi connectivity index (χ4v) is 3.50. The molecule has 0 saturated heterocycles. The van der Waals surface area contributed by atoms with Crippen LogP contribution in [0.2, 0.25) is 5.02 Å². The van der Waals surface area contributed by atoms with Gasteiger partial charge in [-0.2, -0.15) is 0 Å². The maximum Gasteiger partial charge on any atom is 0.282 e. The maximum absolute atomic E-state index is 14.2. The highest BCUT2D eigenvalue weighted by atomic mass is 35.5. The number of ether oxygens (including phenoxy) is 2. The van der Waals surface area contributed by atoms with Crippen molar-refractivity contribution >= 4 is 29.2 Å². The first-order valence-corrected chi connectivity index (χ1v) is 10.2. The van der Waals surface area contributed by atoms with E-state index in [0.29, 0.717) is 27.6 Å². The van der Waals surface area contributed by atoms with Crippen LogP contribution in [0.3, 0.4) is 0 Å². The predicted molar refractivity (Wildman–Crippen MR) is 116 cm³/mol. The van der Waals surface area contributed by atoms with Crippen molar-refractivity contribution in [3.63, 3.8) is 0 Å². The minimum atomic E-state index is -0.442. The summed E-state index contributed by atoms with van der Waals surface area (Å²) < 4.78 is 25.2. The fraction of sp³-hybridized carbons (Fsp3) is 0.364. The number of hydrogen-bond donors (Lipinski definition) is 2. The van der Waals surface area contributed by atoms with E-state index in [1.54, 1.807) is 18.2 Å². The van der Waals surface area contributed by atoms with Gasteiger partial charge in [0.2, 0.25) is 0 Å². The van der Waals surface area contributed by atoms with Gasteiger partial charge >= 0.3 is 0 Å². The van der Waals surface area contributed by atoms with Crippen molar-refractivity contribution in [1.29, 1.82) is 0 Å². The van der Waals surface area contributed by atoms with Crippen molar-refractivity contribution in [2.24, 2.45) is 10.7 Å². The molecule has 1 saturated carbocycles. The lowest BCUT2D eigenvalue weighted by Crippen LogP contribution is -2.43. The van der Waals surface area contributed by atoms with Gasteiger partial charge < -0.3 is 20.5 Å². The van der Waals surface area contributed by atoms with E-state index in [0.717, 1.165) is 25.7 Å². The molecule has 2 aromatic rings. The molecule has 3 N–H and O–H groups in total. The number of rotatable bonds is 7. The zero-order chi connectivity index (χ0) is 21.7. The lowest BCUT2D eigenvalue weighted by atomic mass is 9.78. The summed E-state index contributed by atoms with van der Waals surface area (Å²) in [6.07, 6.45) is 3.86. The molecular formula is C22H25ClFN3O3. The Morgan fingerprint density at radius 3 is 2.70 bits per heavy atom. The van der Waals surface area contributed by atoms with Crippen molar-refractivity contribution in [2.75, 3.05) is 12.4 Å². The summed E-state index contributed by atoms with van der Waals surface area (Å²) in [4.78, 5) is 16.8. The summed E-state index contributed by atoms with van der Waals surface area (Å²) >= 11 is 5.93. The van der Waals surface area contributed by atoms with E-state index in [-0.39, 0.29) is 18.2 Å². The van der Waals surface area contributed by atoms with Crippen molar-refractivity contribution in [1.82, 2.24) is 0 Å². The number of anilines is 1. The van der Waals surface area contributed by atoms with E-state index in [9.17, 15) is 9.18 Å². The monoisotopic (exact) mass is 433 g/mol. The molecule has 160 valence electrons. The molecule has 30 heavy (non-hydrogen) atoms. The number of amidine groups is 1. The lowest BCUT2D eigenvalue weighted by Gasteiger charge is -2.40. The summed E-state index contributed by atoms with van der Waals surface area (Å²) in [5, 5.41) is 3.19. The number of amides is 1. The first kappa shape index (κ1) is 21.9. The molecule has 0 spiro atoms. The van der Waals surface area contributed by atoms with Crippen LogP contribution >= 0.6 is 11.6 Å². The molecule has 0 bridgehead atoms. The maximum atomic E-state index is 14.2. The Morgan fingerprint density at radius 2 is 2.07 bits per heavy atom. The Balaban J connectivity index is 1.70. The van der Waals surface area contributed by atoms with Crippen LogP contribution in [0, 0.1) is 5.82 Å². The largest absolute Gasteiger partial charge is 0.496 e. The summed E-state index contributed by atoms with van der Waals surface area (Å²) in [5.41, 5.74) is 6.69. The number of nitrogens with two attached hydrogens (primary N) is 1. The Morgan fingerprint density at radius 1 is 1.30 bits per heavy atom. The van der Waals surface area contributed by atoms with Crippen LogP contribution < -0.4 is 15.8 Å². The molecule has 1 fully saturated rings. The molecule has 0 atom stereocenters. The van der Waals surface area contributed by atoms with Crippen LogP contribution in [0.15, 0.2) is 41.4 Å². The van der Waals surface area contributed by atoms with Crippen LogP contribution in [0.5, 0.6) is 5.75 Å². The third-order valence-corrected chi connectivity index (χ3v) is 5.58. The molecule has 0 unspecified atom stereocenters. The number of aliphatic imine (C=N–C) groups is 1.